The Hall–Kier alpha value is -2.37. The predicted octanol–water partition coefficient (Wildman–Crippen LogP) is 0.141. The van der Waals surface area contributed by atoms with E-state index >= 15 is 0 Å². The highest BCUT2D eigenvalue weighted by Gasteiger charge is 2.39. The van der Waals surface area contributed by atoms with E-state index in [9.17, 15) is 18.0 Å². The number of H-pyrrole nitrogens is 1. The number of hydrogen-bond donors (Lipinski definition) is 3. The highest BCUT2D eigenvalue weighted by atomic mass is 19.4. The third-order valence-electron chi connectivity index (χ3n) is 4.09. The highest BCUT2D eigenvalue weighted by molar-refractivity contribution is 5.74. The quantitative estimate of drug-likeness (QED) is 0.688. The van der Waals surface area contributed by atoms with Crippen LogP contribution in [0.3, 0.4) is 0 Å². The maximum atomic E-state index is 12.3. The van der Waals surface area contributed by atoms with Crippen molar-refractivity contribution < 1.29 is 27.9 Å². The van der Waals surface area contributed by atoms with E-state index in [-0.39, 0.29) is 6.03 Å². The Morgan fingerprint density at radius 2 is 1.92 bits per heavy atom. The van der Waals surface area contributed by atoms with Gasteiger partial charge in [-0.05, 0) is 11.8 Å². The number of carboxylic acids is 1. The molecule has 9 nitrogen and oxygen atoms in total. The van der Waals surface area contributed by atoms with Crippen molar-refractivity contribution in [2.45, 2.75) is 12.7 Å². The summed E-state index contributed by atoms with van der Waals surface area (Å²) >= 11 is 0. The van der Waals surface area contributed by atoms with Crippen LogP contribution in [0.2, 0.25) is 0 Å². The second-order valence-corrected chi connectivity index (χ2v) is 5.99. The number of urea groups is 1. The van der Waals surface area contributed by atoms with E-state index in [4.69, 9.17) is 9.90 Å². The predicted molar refractivity (Wildman–Crippen MR) is 78.4 cm³/mol. The number of hydrogen-bond acceptors (Lipinski definition) is 5. The molecule has 12 heteroatoms. The van der Waals surface area contributed by atoms with E-state index in [2.05, 4.69) is 20.7 Å². The van der Waals surface area contributed by atoms with Gasteiger partial charge in [-0.15, -0.1) is 0 Å². The number of nitrogens with one attached hydrogen (secondary N) is 2. The van der Waals surface area contributed by atoms with Crippen LogP contribution in [0.1, 0.15) is 5.69 Å². The maximum Gasteiger partial charge on any atom is 0.490 e. The van der Waals surface area contributed by atoms with Crippen molar-refractivity contribution in [1.82, 2.24) is 30.5 Å². The molecular weight excluding hydrogens is 345 g/mol. The van der Waals surface area contributed by atoms with Gasteiger partial charge in [0.1, 0.15) is 5.69 Å². The number of alkyl halides is 3. The van der Waals surface area contributed by atoms with Gasteiger partial charge in [-0.1, -0.05) is 0 Å². The SMILES string of the molecule is CN(Cc1cn[nH]n1)C(=O)N1C[C@H]2CNC[C@H]2C1.O=C(O)C(F)(F)F. The van der Waals surface area contributed by atoms with Crippen molar-refractivity contribution in [3.8, 4) is 0 Å². The number of rotatable bonds is 2. The lowest BCUT2D eigenvalue weighted by molar-refractivity contribution is -0.192. The molecular formula is C13H19F3N6O3. The zero-order chi connectivity index (χ0) is 18.6. The van der Waals surface area contributed by atoms with Gasteiger partial charge in [-0.3, -0.25) is 0 Å². The summed E-state index contributed by atoms with van der Waals surface area (Å²) in [6, 6.07) is 0.0902. The molecule has 0 spiro atoms. The zero-order valence-corrected chi connectivity index (χ0v) is 13.5. The second kappa shape index (κ2) is 7.68. The van der Waals surface area contributed by atoms with E-state index in [0.29, 0.717) is 18.4 Å². The molecule has 2 saturated heterocycles. The van der Waals surface area contributed by atoms with Crippen LogP contribution in [-0.4, -0.2) is 81.7 Å². The van der Waals surface area contributed by atoms with Crippen LogP contribution in [0.25, 0.3) is 0 Å². The van der Waals surface area contributed by atoms with Gasteiger partial charge in [0.05, 0.1) is 12.7 Å². The molecule has 3 rings (SSSR count). The molecule has 3 heterocycles. The smallest absolute Gasteiger partial charge is 0.475 e. The van der Waals surface area contributed by atoms with Crippen molar-refractivity contribution in [3.05, 3.63) is 11.9 Å². The summed E-state index contributed by atoms with van der Waals surface area (Å²) in [5.41, 5.74) is 0.784. The van der Waals surface area contributed by atoms with Gasteiger partial charge in [0.2, 0.25) is 0 Å². The third kappa shape index (κ3) is 5.05. The van der Waals surface area contributed by atoms with Gasteiger partial charge >= 0.3 is 18.2 Å². The Kier molecular flexibility index (Phi) is 5.82. The molecule has 2 aliphatic heterocycles. The number of carbonyl (C=O) groups excluding carboxylic acids is 1. The molecule has 0 unspecified atom stereocenters. The van der Waals surface area contributed by atoms with Crippen LogP contribution in [0.5, 0.6) is 0 Å². The number of aromatic nitrogens is 3. The summed E-state index contributed by atoms with van der Waals surface area (Å²) in [6.07, 6.45) is -3.44. The fourth-order valence-electron chi connectivity index (χ4n) is 2.87. The minimum Gasteiger partial charge on any atom is -0.475 e. The van der Waals surface area contributed by atoms with E-state index in [1.165, 1.54) is 0 Å². The van der Waals surface area contributed by atoms with E-state index in [0.717, 1.165) is 31.9 Å². The van der Waals surface area contributed by atoms with Gasteiger partial charge < -0.3 is 20.2 Å². The fraction of sp³-hybridized carbons (Fsp3) is 0.692. The number of carbonyl (C=O) groups is 2. The Labute approximate surface area is 141 Å². The number of halogens is 3. The first-order chi connectivity index (χ1) is 11.7. The van der Waals surface area contributed by atoms with Crippen molar-refractivity contribution in [2.24, 2.45) is 11.8 Å². The summed E-state index contributed by atoms with van der Waals surface area (Å²) in [5, 5.41) is 20.8. The number of fused-ring (bicyclic) bond motifs is 1. The fourth-order valence-corrected chi connectivity index (χ4v) is 2.87. The van der Waals surface area contributed by atoms with Crippen LogP contribution >= 0.6 is 0 Å². The normalized spacial score (nSPS) is 22.2. The first kappa shape index (κ1) is 19.0. The Balaban J connectivity index is 0.000000277. The average molecular weight is 364 g/mol. The van der Waals surface area contributed by atoms with E-state index < -0.39 is 12.1 Å². The summed E-state index contributed by atoms with van der Waals surface area (Å²) in [6.45, 7) is 4.33. The topological polar surface area (TPSA) is 114 Å². The molecule has 0 aromatic carbocycles. The lowest BCUT2D eigenvalue weighted by Gasteiger charge is -2.24. The molecule has 2 atom stereocenters. The molecule has 0 bridgehead atoms. The lowest BCUT2D eigenvalue weighted by Crippen LogP contribution is -2.40. The van der Waals surface area contributed by atoms with Gasteiger partial charge in [-0.2, -0.15) is 28.6 Å². The number of carboxylic acid groups (broad SMARTS) is 1. The highest BCUT2D eigenvalue weighted by Crippen LogP contribution is 2.26. The molecule has 0 saturated carbocycles. The van der Waals surface area contributed by atoms with Crippen molar-refractivity contribution in [3.63, 3.8) is 0 Å². The van der Waals surface area contributed by atoms with Crippen LogP contribution in [0.15, 0.2) is 6.20 Å². The number of amides is 2. The monoisotopic (exact) mass is 364 g/mol. The number of aromatic amines is 1. The Bertz CT molecular complexity index is 582. The molecule has 140 valence electrons. The molecule has 0 aliphatic carbocycles. The molecule has 2 aliphatic rings. The first-order valence-corrected chi connectivity index (χ1v) is 7.54. The minimum atomic E-state index is -5.08. The van der Waals surface area contributed by atoms with E-state index in [1.54, 1.807) is 11.1 Å². The summed E-state index contributed by atoms with van der Waals surface area (Å²) in [5.74, 6) is -1.49. The first-order valence-electron chi connectivity index (χ1n) is 7.54. The third-order valence-corrected chi connectivity index (χ3v) is 4.09. The average Bonchev–Trinajstić information content (AvgIpc) is 3.22. The number of nitrogens with zero attached hydrogens (tertiary/aromatic N) is 4. The Morgan fingerprint density at radius 3 is 2.36 bits per heavy atom. The molecule has 2 fully saturated rings. The Morgan fingerprint density at radius 1 is 1.36 bits per heavy atom. The van der Waals surface area contributed by atoms with Gasteiger partial charge in [0.25, 0.3) is 0 Å². The van der Waals surface area contributed by atoms with Crippen molar-refractivity contribution >= 4 is 12.0 Å². The van der Waals surface area contributed by atoms with Gasteiger partial charge in [-0.25, -0.2) is 9.59 Å². The van der Waals surface area contributed by atoms with Crippen LogP contribution < -0.4 is 5.32 Å². The van der Waals surface area contributed by atoms with Crippen molar-refractivity contribution in [2.75, 3.05) is 33.2 Å². The maximum absolute atomic E-state index is 12.3. The summed E-state index contributed by atoms with van der Waals surface area (Å²) in [7, 11) is 1.81. The number of likely N-dealkylation sites (tertiary alicyclic amines) is 1. The van der Waals surface area contributed by atoms with E-state index in [1.807, 2.05) is 11.9 Å². The van der Waals surface area contributed by atoms with Crippen molar-refractivity contribution in [1.29, 1.82) is 0 Å². The molecule has 0 radical (unpaired) electrons. The molecule has 1 aromatic rings. The molecule has 25 heavy (non-hydrogen) atoms. The lowest BCUT2D eigenvalue weighted by atomic mass is 10.0. The van der Waals surface area contributed by atoms with Crippen LogP contribution in [0.4, 0.5) is 18.0 Å². The summed E-state index contributed by atoms with van der Waals surface area (Å²) < 4.78 is 31.7. The number of aliphatic carboxylic acids is 1. The summed E-state index contributed by atoms with van der Waals surface area (Å²) in [4.78, 5) is 24.8. The van der Waals surface area contributed by atoms with Crippen LogP contribution in [0, 0.1) is 11.8 Å². The second-order valence-electron chi connectivity index (χ2n) is 5.99. The molecule has 1 aromatic heterocycles. The standard InChI is InChI=1S/C11H18N6O.C2HF3O2/c1-16(7-10-4-13-15-14-10)11(18)17-5-8-2-12-3-9(8)6-17;3-2(4,5)1(6)7/h4,8-9,12H,2-3,5-7H2,1H3,(H,13,14,15);(H,6,7)/t8-,9+;. The van der Waals surface area contributed by atoms with Crippen LogP contribution in [-0.2, 0) is 11.3 Å². The molecule has 3 N–H and O–H groups in total. The minimum absolute atomic E-state index is 0.0902. The van der Waals surface area contributed by atoms with Gasteiger partial charge in [0.15, 0.2) is 0 Å². The van der Waals surface area contributed by atoms with Gasteiger partial charge in [0, 0.05) is 33.2 Å². The zero-order valence-electron chi connectivity index (χ0n) is 13.5. The largest absolute Gasteiger partial charge is 0.490 e. The molecule has 2 amide bonds.